The fraction of sp³-hybridized carbons (Fsp3) is 0.100. The fourth-order valence-electron chi connectivity index (χ4n) is 1.20. The third kappa shape index (κ3) is 2.26. The maximum atomic E-state index is 5.86. The van der Waals surface area contributed by atoms with Crippen LogP contribution < -0.4 is 5.32 Å². The van der Waals surface area contributed by atoms with E-state index >= 15 is 0 Å². The molecule has 0 fully saturated rings. The van der Waals surface area contributed by atoms with Gasteiger partial charge < -0.3 is 10.3 Å². The van der Waals surface area contributed by atoms with Crippen LogP contribution in [-0.2, 0) is 6.54 Å². The minimum atomic E-state index is 0.739. The number of halogens is 1. The zero-order valence-electron chi connectivity index (χ0n) is 7.50. The van der Waals surface area contributed by atoms with Crippen molar-refractivity contribution in [1.82, 2.24) is 9.97 Å². The minimum Gasteiger partial charge on any atom is -0.366 e. The highest BCUT2D eigenvalue weighted by Gasteiger charge is 1.95. The fourth-order valence-corrected chi connectivity index (χ4v) is 1.41. The summed E-state index contributed by atoms with van der Waals surface area (Å²) >= 11 is 5.86. The van der Waals surface area contributed by atoms with Crippen LogP contribution in [0.4, 0.5) is 5.82 Å². The maximum Gasteiger partial charge on any atom is 0.123 e. The molecule has 0 aliphatic rings. The van der Waals surface area contributed by atoms with E-state index in [4.69, 9.17) is 11.6 Å². The molecular formula is C10H10ClN3. The predicted octanol–water partition coefficient (Wildman–Crippen LogP) is 2.68. The van der Waals surface area contributed by atoms with Crippen LogP contribution in [0.3, 0.4) is 0 Å². The Morgan fingerprint density at radius 1 is 1.43 bits per heavy atom. The molecule has 2 rings (SSSR count). The lowest BCUT2D eigenvalue weighted by atomic mass is 10.2. The second kappa shape index (κ2) is 4.15. The molecule has 0 saturated heterocycles. The molecule has 72 valence electrons. The van der Waals surface area contributed by atoms with Gasteiger partial charge in [-0.1, -0.05) is 23.7 Å². The number of nitrogens with one attached hydrogen (secondary N) is 2. The second-order valence-electron chi connectivity index (χ2n) is 2.95. The maximum absolute atomic E-state index is 5.86. The van der Waals surface area contributed by atoms with E-state index < -0.39 is 0 Å². The highest BCUT2D eigenvalue weighted by molar-refractivity contribution is 6.30. The molecule has 2 aromatic rings. The first kappa shape index (κ1) is 9.09. The summed E-state index contributed by atoms with van der Waals surface area (Å²) in [6.07, 6.45) is 3.38. The van der Waals surface area contributed by atoms with Crippen LogP contribution in [0.1, 0.15) is 5.56 Å². The van der Waals surface area contributed by atoms with Gasteiger partial charge in [0.25, 0.3) is 0 Å². The Hall–Kier alpha value is -1.48. The summed E-state index contributed by atoms with van der Waals surface area (Å²) in [5.74, 6) is 0.907. The SMILES string of the molecule is Clc1cccc(CNc2cnc[nH]2)c1. The number of hydrogen-bond donors (Lipinski definition) is 2. The molecular weight excluding hydrogens is 198 g/mol. The number of rotatable bonds is 3. The number of benzene rings is 1. The summed E-state index contributed by atoms with van der Waals surface area (Å²) in [4.78, 5) is 6.87. The molecule has 0 aliphatic carbocycles. The molecule has 1 heterocycles. The Labute approximate surface area is 87.1 Å². The predicted molar refractivity (Wildman–Crippen MR) is 57.4 cm³/mol. The molecule has 4 heteroatoms. The van der Waals surface area contributed by atoms with Gasteiger partial charge in [0.2, 0.25) is 0 Å². The van der Waals surface area contributed by atoms with E-state index in [2.05, 4.69) is 15.3 Å². The number of H-pyrrole nitrogens is 1. The normalized spacial score (nSPS) is 10.1. The molecule has 0 saturated carbocycles. The van der Waals surface area contributed by atoms with Gasteiger partial charge in [0.1, 0.15) is 5.82 Å². The zero-order valence-corrected chi connectivity index (χ0v) is 8.25. The van der Waals surface area contributed by atoms with Gasteiger partial charge in [0, 0.05) is 11.6 Å². The largest absolute Gasteiger partial charge is 0.366 e. The van der Waals surface area contributed by atoms with E-state index in [1.807, 2.05) is 24.3 Å². The molecule has 1 aromatic heterocycles. The van der Waals surface area contributed by atoms with E-state index in [9.17, 15) is 0 Å². The summed E-state index contributed by atoms with van der Waals surface area (Å²) in [5.41, 5.74) is 1.15. The van der Waals surface area contributed by atoms with Crippen LogP contribution in [0.5, 0.6) is 0 Å². The van der Waals surface area contributed by atoms with Gasteiger partial charge in [0.15, 0.2) is 0 Å². The number of nitrogens with zero attached hydrogens (tertiary/aromatic N) is 1. The first-order chi connectivity index (χ1) is 6.84. The van der Waals surface area contributed by atoms with Crippen molar-refractivity contribution in [3.8, 4) is 0 Å². The molecule has 1 aromatic carbocycles. The van der Waals surface area contributed by atoms with Crippen molar-refractivity contribution in [1.29, 1.82) is 0 Å². The Bertz CT molecular complexity index is 398. The molecule has 2 N–H and O–H groups in total. The van der Waals surface area contributed by atoms with E-state index in [0.717, 1.165) is 22.9 Å². The lowest BCUT2D eigenvalue weighted by molar-refractivity contribution is 1.12. The molecule has 0 unspecified atom stereocenters. The Morgan fingerprint density at radius 3 is 3.07 bits per heavy atom. The number of hydrogen-bond acceptors (Lipinski definition) is 2. The number of imidazole rings is 1. The Balaban J connectivity index is 1.98. The van der Waals surface area contributed by atoms with E-state index in [1.165, 1.54) is 0 Å². The first-order valence-corrected chi connectivity index (χ1v) is 4.69. The summed E-state index contributed by atoms with van der Waals surface area (Å²) in [5, 5.41) is 3.95. The minimum absolute atomic E-state index is 0.739. The van der Waals surface area contributed by atoms with E-state index in [1.54, 1.807) is 12.5 Å². The van der Waals surface area contributed by atoms with Gasteiger partial charge in [-0.15, -0.1) is 0 Å². The van der Waals surface area contributed by atoms with Crippen molar-refractivity contribution in [3.05, 3.63) is 47.4 Å². The van der Waals surface area contributed by atoms with Gasteiger partial charge in [-0.25, -0.2) is 4.98 Å². The molecule has 3 nitrogen and oxygen atoms in total. The lowest BCUT2D eigenvalue weighted by Crippen LogP contribution is -1.98. The average Bonchev–Trinajstić information content (AvgIpc) is 2.67. The van der Waals surface area contributed by atoms with Crippen molar-refractivity contribution >= 4 is 17.4 Å². The summed E-state index contributed by atoms with van der Waals surface area (Å²) in [7, 11) is 0. The summed E-state index contributed by atoms with van der Waals surface area (Å²) in [6.45, 7) is 0.739. The van der Waals surface area contributed by atoms with Crippen LogP contribution in [0.15, 0.2) is 36.8 Å². The third-order valence-electron chi connectivity index (χ3n) is 1.87. The lowest BCUT2D eigenvalue weighted by Gasteiger charge is -2.03. The van der Waals surface area contributed by atoms with Gasteiger partial charge in [0.05, 0.1) is 12.5 Å². The zero-order chi connectivity index (χ0) is 9.80. The van der Waals surface area contributed by atoms with E-state index in [0.29, 0.717) is 0 Å². The van der Waals surface area contributed by atoms with Crippen LogP contribution in [-0.4, -0.2) is 9.97 Å². The molecule has 0 bridgehead atoms. The first-order valence-electron chi connectivity index (χ1n) is 4.31. The Morgan fingerprint density at radius 2 is 2.36 bits per heavy atom. The average molecular weight is 208 g/mol. The van der Waals surface area contributed by atoms with Crippen LogP contribution in [0.25, 0.3) is 0 Å². The van der Waals surface area contributed by atoms with Crippen molar-refractivity contribution in [3.63, 3.8) is 0 Å². The van der Waals surface area contributed by atoms with Crippen LogP contribution in [0, 0.1) is 0 Å². The molecule has 0 aliphatic heterocycles. The number of aromatic amines is 1. The molecule has 0 radical (unpaired) electrons. The summed E-state index contributed by atoms with van der Waals surface area (Å²) in [6, 6.07) is 7.76. The van der Waals surface area contributed by atoms with Gasteiger partial charge in [-0.05, 0) is 17.7 Å². The quantitative estimate of drug-likeness (QED) is 0.813. The molecule has 0 atom stereocenters. The Kier molecular flexibility index (Phi) is 2.70. The number of aromatic nitrogens is 2. The smallest absolute Gasteiger partial charge is 0.123 e. The highest BCUT2D eigenvalue weighted by Crippen LogP contribution is 2.11. The second-order valence-corrected chi connectivity index (χ2v) is 3.39. The monoisotopic (exact) mass is 207 g/mol. The highest BCUT2D eigenvalue weighted by atomic mass is 35.5. The molecule has 14 heavy (non-hydrogen) atoms. The topological polar surface area (TPSA) is 40.7 Å². The van der Waals surface area contributed by atoms with Gasteiger partial charge in [-0.2, -0.15) is 0 Å². The van der Waals surface area contributed by atoms with E-state index in [-0.39, 0.29) is 0 Å². The van der Waals surface area contributed by atoms with Crippen molar-refractivity contribution in [2.75, 3.05) is 5.32 Å². The van der Waals surface area contributed by atoms with Gasteiger partial charge >= 0.3 is 0 Å². The molecule has 0 amide bonds. The number of anilines is 1. The van der Waals surface area contributed by atoms with Crippen LogP contribution in [0.2, 0.25) is 5.02 Å². The standard InChI is InChI=1S/C10H10ClN3/c11-9-3-1-2-8(4-9)5-13-10-6-12-7-14-10/h1-4,6-7,13H,5H2,(H,12,14). The van der Waals surface area contributed by atoms with Crippen LogP contribution >= 0.6 is 11.6 Å². The van der Waals surface area contributed by atoms with Crippen molar-refractivity contribution < 1.29 is 0 Å². The van der Waals surface area contributed by atoms with Gasteiger partial charge in [-0.3, -0.25) is 0 Å². The summed E-state index contributed by atoms with van der Waals surface area (Å²) < 4.78 is 0. The van der Waals surface area contributed by atoms with Crippen molar-refractivity contribution in [2.45, 2.75) is 6.54 Å². The van der Waals surface area contributed by atoms with Crippen molar-refractivity contribution in [2.24, 2.45) is 0 Å². The third-order valence-corrected chi connectivity index (χ3v) is 2.11. The molecule has 0 spiro atoms.